The summed E-state index contributed by atoms with van der Waals surface area (Å²) in [7, 11) is 0. The minimum absolute atomic E-state index is 0.137. The predicted octanol–water partition coefficient (Wildman–Crippen LogP) is 3.54. The van der Waals surface area contributed by atoms with Crippen LogP contribution in [-0.2, 0) is 14.9 Å². The number of nitrogens with one attached hydrogen (secondary N) is 1. The number of rotatable bonds is 5. The van der Waals surface area contributed by atoms with Crippen molar-refractivity contribution in [2.24, 2.45) is 0 Å². The third-order valence-corrected chi connectivity index (χ3v) is 6.30. The SMILES string of the molecule is CC(C)(C)OC(=O)N1CCN(CCNC(=O)C2(c3ccc(Br)cc3)CCC2)CC1. The molecular weight excluding hydrogens is 434 g/mol. The lowest BCUT2D eigenvalue weighted by Gasteiger charge is -2.41. The lowest BCUT2D eigenvalue weighted by atomic mass is 9.64. The number of amides is 2. The Bertz CT molecular complexity index is 718. The quantitative estimate of drug-likeness (QED) is 0.721. The van der Waals surface area contributed by atoms with Crippen molar-refractivity contribution in [1.29, 1.82) is 0 Å². The van der Waals surface area contributed by atoms with Crippen LogP contribution in [0.25, 0.3) is 0 Å². The largest absolute Gasteiger partial charge is 0.444 e. The van der Waals surface area contributed by atoms with Crippen molar-refractivity contribution in [3.05, 3.63) is 34.3 Å². The van der Waals surface area contributed by atoms with Crippen molar-refractivity contribution in [2.75, 3.05) is 39.3 Å². The number of hydrogen-bond acceptors (Lipinski definition) is 4. The van der Waals surface area contributed by atoms with Crippen LogP contribution in [0.5, 0.6) is 0 Å². The maximum Gasteiger partial charge on any atom is 0.410 e. The first-order valence-electron chi connectivity index (χ1n) is 10.4. The highest BCUT2D eigenvalue weighted by Crippen LogP contribution is 2.44. The summed E-state index contributed by atoms with van der Waals surface area (Å²) in [5.41, 5.74) is 0.274. The van der Waals surface area contributed by atoms with E-state index in [2.05, 4.69) is 38.3 Å². The summed E-state index contributed by atoms with van der Waals surface area (Å²) < 4.78 is 6.47. The van der Waals surface area contributed by atoms with E-state index in [0.717, 1.165) is 48.9 Å². The molecule has 160 valence electrons. The summed E-state index contributed by atoms with van der Waals surface area (Å²) in [4.78, 5) is 29.1. The van der Waals surface area contributed by atoms with Crippen LogP contribution in [0.1, 0.15) is 45.6 Å². The molecule has 3 rings (SSSR count). The van der Waals surface area contributed by atoms with E-state index in [1.54, 1.807) is 4.90 Å². The summed E-state index contributed by atoms with van der Waals surface area (Å²) in [5.74, 6) is 0.137. The molecule has 0 aromatic heterocycles. The Labute approximate surface area is 182 Å². The van der Waals surface area contributed by atoms with Gasteiger partial charge < -0.3 is 15.0 Å². The van der Waals surface area contributed by atoms with E-state index < -0.39 is 5.60 Å². The predicted molar refractivity (Wildman–Crippen MR) is 117 cm³/mol. The average molecular weight is 466 g/mol. The first kappa shape index (κ1) is 22.1. The molecular formula is C22H32BrN3O3. The van der Waals surface area contributed by atoms with Gasteiger partial charge in [0, 0.05) is 43.7 Å². The topological polar surface area (TPSA) is 61.9 Å². The van der Waals surface area contributed by atoms with Crippen LogP contribution >= 0.6 is 15.9 Å². The van der Waals surface area contributed by atoms with E-state index in [0.29, 0.717) is 19.6 Å². The zero-order valence-corrected chi connectivity index (χ0v) is 19.3. The molecule has 1 N–H and O–H groups in total. The van der Waals surface area contributed by atoms with E-state index in [4.69, 9.17) is 4.74 Å². The maximum absolute atomic E-state index is 12.9. The molecule has 0 radical (unpaired) electrons. The first-order chi connectivity index (χ1) is 13.7. The van der Waals surface area contributed by atoms with Gasteiger partial charge >= 0.3 is 6.09 Å². The van der Waals surface area contributed by atoms with Gasteiger partial charge in [0.05, 0.1) is 5.41 Å². The number of piperazine rings is 1. The Morgan fingerprint density at radius 2 is 1.72 bits per heavy atom. The van der Waals surface area contributed by atoms with Gasteiger partial charge in [-0.3, -0.25) is 9.69 Å². The highest BCUT2D eigenvalue weighted by molar-refractivity contribution is 9.10. The van der Waals surface area contributed by atoms with Crippen molar-refractivity contribution in [2.45, 2.75) is 51.0 Å². The third kappa shape index (κ3) is 5.51. The van der Waals surface area contributed by atoms with Gasteiger partial charge in [-0.05, 0) is 51.3 Å². The second kappa shape index (κ2) is 9.04. The van der Waals surface area contributed by atoms with Gasteiger partial charge in [0.15, 0.2) is 0 Å². The number of benzene rings is 1. The summed E-state index contributed by atoms with van der Waals surface area (Å²) in [6.07, 6.45) is 2.67. The molecule has 0 atom stereocenters. The van der Waals surface area contributed by atoms with Gasteiger partial charge in [-0.2, -0.15) is 0 Å². The minimum Gasteiger partial charge on any atom is -0.444 e. The van der Waals surface area contributed by atoms with Crippen molar-refractivity contribution in [3.8, 4) is 0 Å². The lowest BCUT2D eigenvalue weighted by Crippen LogP contribution is -2.53. The summed E-state index contributed by atoms with van der Waals surface area (Å²) in [6.45, 7) is 9.98. The van der Waals surface area contributed by atoms with Crippen LogP contribution in [0.3, 0.4) is 0 Å². The average Bonchev–Trinajstić information content (AvgIpc) is 2.61. The smallest absolute Gasteiger partial charge is 0.410 e. The Morgan fingerprint density at radius 1 is 1.10 bits per heavy atom. The fourth-order valence-electron chi connectivity index (χ4n) is 3.92. The zero-order valence-electron chi connectivity index (χ0n) is 17.7. The number of ether oxygens (including phenoxy) is 1. The monoisotopic (exact) mass is 465 g/mol. The lowest BCUT2D eigenvalue weighted by molar-refractivity contribution is -0.130. The van der Waals surface area contributed by atoms with Crippen molar-refractivity contribution < 1.29 is 14.3 Å². The van der Waals surface area contributed by atoms with Crippen LogP contribution in [0, 0.1) is 0 Å². The molecule has 1 heterocycles. The summed E-state index contributed by atoms with van der Waals surface area (Å²) in [5, 5.41) is 3.15. The molecule has 2 amide bonds. The number of nitrogens with zero attached hydrogens (tertiary/aromatic N) is 2. The Hall–Kier alpha value is -1.60. The summed E-state index contributed by atoms with van der Waals surface area (Å²) in [6, 6.07) is 8.12. The number of hydrogen-bond donors (Lipinski definition) is 1. The fraction of sp³-hybridized carbons (Fsp3) is 0.636. The van der Waals surface area contributed by atoms with Crippen LogP contribution in [-0.4, -0.2) is 66.7 Å². The highest BCUT2D eigenvalue weighted by Gasteiger charge is 2.45. The van der Waals surface area contributed by atoms with E-state index in [-0.39, 0.29) is 17.4 Å². The molecule has 1 saturated carbocycles. The van der Waals surface area contributed by atoms with Crippen LogP contribution in [0.4, 0.5) is 4.79 Å². The molecule has 1 aromatic rings. The Morgan fingerprint density at radius 3 is 2.24 bits per heavy atom. The molecule has 2 aliphatic rings. The number of halogens is 1. The second-order valence-electron chi connectivity index (χ2n) is 9.01. The van der Waals surface area contributed by atoms with Crippen LogP contribution in [0.15, 0.2) is 28.7 Å². The minimum atomic E-state index is -0.467. The molecule has 29 heavy (non-hydrogen) atoms. The van der Waals surface area contributed by atoms with E-state index in [1.807, 2.05) is 32.9 Å². The molecule has 1 aliphatic heterocycles. The first-order valence-corrected chi connectivity index (χ1v) is 11.2. The van der Waals surface area contributed by atoms with Gasteiger partial charge in [0.1, 0.15) is 5.60 Å². The fourth-order valence-corrected chi connectivity index (χ4v) is 4.19. The normalized spacial score (nSPS) is 19.4. The standard InChI is InChI=1S/C22H32BrN3O3/c1-21(2,3)29-20(28)26-15-13-25(14-16-26)12-11-24-19(27)22(9-4-10-22)17-5-7-18(23)8-6-17/h5-8H,4,9-16H2,1-3H3,(H,24,27). The number of carbonyl (C=O) groups is 2. The molecule has 0 bridgehead atoms. The molecule has 2 fully saturated rings. The molecule has 6 nitrogen and oxygen atoms in total. The summed E-state index contributed by atoms with van der Waals surface area (Å²) >= 11 is 3.46. The Balaban J connectivity index is 1.43. The molecule has 0 unspecified atom stereocenters. The Kier molecular flexibility index (Phi) is 6.89. The maximum atomic E-state index is 12.9. The van der Waals surface area contributed by atoms with Crippen molar-refractivity contribution in [3.63, 3.8) is 0 Å². The van der Waals surface area contributed by atoms with Crippen molar-refractivity contribution >= 4 is 27.9 Å². The molecule has 1 aliphatic carbocycles. The van der Waals surface area contributed by atoms with E-state index in [1.165, 1.54) is 0 Å². The van der Waals surface area contributed by atoms with Gasteiger partial charge in [0.2, 0.25) is 5.91 Å². The van der Waals surface area contributed by atoms with Gasteiger partial charge in [-0.25, -0.2) is 4.79 Å². The van der Waals surface area contributed by atoms with E-state index in [9.17, 15) is 9.59 Å². The molecule has 7 heteroatoms. The third-order valence-electron chi connectivity index (χ3n) is 5.78. The number of carbonyl (C=O) groups excluding carboxylic acids is 2. The highest BCUT2D eigenvalue weighted by atomic mass is 79.9. The zero-order chi connectivity index (χ0) is 21.1. The second-order valence-corrected chi connectivity index (χ2v) is 9.92. The van der Waals surface area contributed by atoms with Gasteiger partial charge in [0.25, 0.3) is 0 Å². The van der Waals surface area contributed by atoms with E-state index >= 15 is 0 Å². The van der Waals surface area contributed by atoms with Gasteiger partial charge in [-0.1, -0.05) is 34.5 Å². The molecule has 1 saturated heterocycles. The molecule has 0 spiro atoms. The molecule has 1 aromatic carbocycles. The van der Waals surface area contributed by atoms with Crippen LogP contribution in [0.2, 0.25) is 0 Å². The van der Waals surface area contributed by atoms with Crippen molar-refractivity contribution in [1.82, 2.24) is 15.1 Å². The van der Waals surface area contributed by atoms with Gasteiger partial charge in [-0.15, -0.1) is 0 Å². The van der Waals surface area contributed by atoms with Crippen LogP contribution < -0.4 is 5.32 Å².